The Morgan fingerprint density at radius 2 is 2.40 bits per heavy atom. The largest absolute Gasteiger partial charge is 0.481 e. The van der Waals surface area contributed by atoms with Crippen LogP contribution in [0.25, 0.3) is 10.1 Å². The van der Waals surface area contributed by atoms with Crippen molar-refractivity contribution in [2.75, 3.05) is 24.7 Å². The number of likely N-dealkylation sites (N-methyl/N-ethyl adjacent to an activating group) is 1. The number of carboxylic acids is 1. The summed E-state index contributed by atoms with van der Waals surface area (Å²) >= 11 is 1.66. The van der Waals surface area contributed by atoms with Gasteiger partial charge in [0, 0.05) is 22.8 Å². The van der Waals surface area contributed by atoms with Crippen LogP contribution in [-0.4, -0.2) is 41.9 Å². The van der Waals surface area contributed by atoms with Crippen LogP contribution in [0.1, 0.15) is 6.92 Å². The molecule has 0 bridgehead atoms. The molecule has 3 heterocycles. The molecule has 2 aromatic rings. The van der Waals surface area contributed by atoms with Crippen LogP contribution in [0.3, 0.4) is 0 Å². The number of anilines is 1. The van der Waals surface area contributed by atoms with Crippen molar-refractivity contribution in [2.24, 2.45) is 5.92 Å². The van der Waals surface area contributed by atoms with Crippen molar-refractivity contribution in [1.82, 2.24) is 4.98 Å². The van der Waals surface area contributed by atoms with Crippen molar-refractivity contribution >= 4 is 33.2 Å². The molecule has 0 aliphatic carbocycles. The van der Waals surface area contributed by atoms with E-state index < -0.39 is 11.9 Å². The fourth-order valence-electron chi connectivity index (χ4n) is 2.74. The summed E-state index contributed by atoms with van der Waals surface area (Å²) < 4.78 is 6.55. The molecule has 2 aromatic heterocycles. The molecule has 0 radical (unpaired) electrons. The maximum Gasteiger partial charge on any atom is 0.311 e. The van der Waals surface area contributed by atoms with Crippen LogP contribution in [0.5, 0.6) is 0 Å². The van der Waals surface area contributed by atoms with Crippen molar-refractivity contribution in [3.8, 4) is 0 Å². The lowest BCUT2D eigenvalue weighted by Crippen LogP contribution is -2.43. The average Bonchev–Trinajstić information content (AvgIpc) is 3.08. The highest BCUT2D eigenvalue weighted by molar-refractivity contribution is 7.17. The van der Waals surface area contributed by atoms with Gasteiger partial charge in [0.1, 0.15) is 11.7 Å². The quantitative estimate of drug-likeness (QED) is 0.936. The molecule has 1 aliphatic rings. The molecule has 1 fully saturated rings. The van der Waals surface area contributed by atoms with E-state index in [0.29, 0.717) is 13.2 Å². The highest BCUT2D eigenvalue weighted by Crippen LogP contribution is 2.32. The summed E-state index contributed by atoms with van der Waals surface area (Å²) in [6.07, 6.45) is 1.78. The zero-order valence-electron chi connectivity index (χ0n) is 11.2. The van der Waals surface area contributed by atoms with Crippen LogP contribution in [-0.2, 0) is 9.53 Å². The SMILES string of the molecule is CCN(c1nccc2sccc12)C1COCC1C(=O)O. The number of carboxylic acid groups (broad SMARTS) is 1. The number of aromatic nitrogens is 1. The van der Waals surface area contributed by atoms with E-state index in [-0.39, 0.29) is 12.6 Å². The first-order valence-electron chi connectivity index (χ1n) is 6.61. The van der Waals surface area contributed by atoms with E-state index in [1.54, 1.807) is 17.5 Å². The second-order valence-electron chi connectivity index (χ2n) is 4.80. The number of thiophene rings is 1. The molecule has 0 saturated carbocycles. The third kappa shape index (κ3) is 2.14. The molecule has 1 aliphatic heterocycles. The second kappa shape index (κ2) is 5.38. The number of aliphatic carboxylic acids is 1. The second-order valence-corrected chi connectivity index (χ2v) is 5.75. The number of ether oxygens (including phenoxy) is 1. The van der Waals surface area contributed by atoms with E-state index >= 15 is 0 Å². The van der Waals surface area contributed by atoms with Crippen molar-refractivity contribution in [3.05, 3.63) is 23.7 Å². The summed E-state index contributed by atoms with van der Waals surface area (Å²) in [4.78, 5) is 17.9. The minimum atomic E-state index is -0.802. The van der Waals surface area contributed by atoms with Crippen LogP contribution >= 0.6 is 11.3 Å². The smallest absolute Gasteiger partial charge is 0.311 e. The highest BCUT2D eigenvalue weighted by Gasteiger charge is 2.38. The molecule has 2 atom stereocenters. The predicted octanol–water partition coefficient (Wildman–Crippen LogP) is 2.22. The molecule has 0 spiro atoms. The topological polar surface area (TPSA) is 62.7 Å². The van der Waals surface area contributed by atoms with Crippen LogP contribution in [0.2, 0.25) is 0 Å². The number of carbonyl (C=O) groups is 1. The monoisotopic (exact) mass is 292 g/mol. The van der Waals surface area contributed by atoms with Crippen LogP contribution in [0, 0.1) is 5.92 Å². The van der Waals surface area contributed by atoms with Crippen molar-refractivity contribution in [2.45, 2.75) is 13.0 Å². The van der Waals surface area contributed by atoms with Gasteiger partial charge >= 0.3 is 5.97 Å². The highest BCUT2D eigenvalue weighted by atomic mass is 32.1. The lowest BCUT2D eigenvalue weighted by atomic mass is 10.0. The van der Waals surface area contributed by atoms with E-state index in [1.165, 1.54) is 4.70 Å². The Morgan fingerprint density at radius 1 is 1.55 bits per heavy atom. The molecule has 20 heavy (non-hydrogen) atoms. The fourth-order valence-corrected chi connectivity index (χ4v) is 3.51. The third-order valence-electron chi connectivity index (χ3n) is 3.74. The Labute approximate surface area is 120 Å². The zero-order valence-corrected chi connectivity index (χ0v) is 12.0. The summed E-state index contributed by atoms with van der Waals surface area (Å²) in [6, 6.07) is 3.86. The Balaban J connectivity index is 2.01. The van der Waals surface area contributed by atoms with Gasteiger partial charge in [-0.3, -0.25) is 4.79 Å². The van der Waals surface area contributed by atoms with Gasteiger partial charge < -0.3 is 14.7 Å². The average molecular weight is 292 g/mol. The van der Waals surface area contributed by atoms with Gasteiger partial charge in [0.05, 0.1) is 19.3 Å². The number of rotatable bonds is 4. The summed E-state index contributed by atoms with van der Waals surface area (Å²) in [5.41, 5.74) is 0. The van der Waals surface area contributed by atoms with Gasteiger partial charge in [0.2, 0.25) is 0 Å². The third-order valence-corrected chi connectivity index (χ3v) is 4.62. The molecular weight excluding hydrogens is 276 g/mol. The Morgan fingerprint density at radius 3 is 3.15 bits per heavy atom. The number of pyridine rings is 1. The number of nitrogens with zero attached hydrogens (tertiary/aromatic N) is 2. The fraction of sp³-hybridized carbons (Fsp3) is 0.429. The zero-order chi connectivity index (χ0) is 14.1. The normalized spacial score (nSPS) is 22.2. The molecule has 2 unspecified atom stereocenters. The van der Waals surface area contributed by atoms with E-state index in [2.05, 4.69) is 9.88 Å². The van der Waals surface area contributed by atoms with E-state index in [9.17, 15) is 9.90 Å². The Bertz CT molecular complexity index is 628. The maximum absolute atomic E-state index is 11.4. The summed E-state index contributed by atoms with van der Waals surface area (Å²) in [5.74, 6) is -0.443. The summed E-state index contributed by atoms with van der Waals surface area (Å²) in [7, 11) is 0. The van der Waals surface area contributed by atoms with Gasteiger partial charge in [-0.15, -0.1) is 11.3 Å². The van der Waals surface area contributed by atoms with Crippen molar-refractivity contribution < 1.29 is 14.6 Å². The van der Waals surface area contributed by atoms with E-state index in [1.807, 2.05) is 24.4 Å². The first-order valence-corrected chi connectivity index (χ1v) is 7.49. The predicted molar refractivity (Wildman–Crippen MR) is 78.4 cm³/mol. The van der Waals surface area contributed by atoms with Crippen molar-refractivity contribution in [1.29, 1.82) is 0 Å². The molecule has 0 amide bonds. The van der Waals surface area contributed by atoms with Crippen LogP contribution in [0.15, 0.2) is 23.7 Å². The molecule has 1 saturated heterocycles. The minimum Gasteiger partial charge on any atom is -0.481 e. The molecule has 1 N–H and O–H groups in total. The van der Waals surface area contributed by atoms with Crippen LogP contribution in [0.4, 0.5) is 5.82 Å². The summed E-state index contributed by atoms with van der Waals surface area (Å²) in [5, 5.41) is 12.4. The van der Waals surface area contributed by atoms with E-state index in [4.69, 9.17) is 4.74 Å². The standard InChI is InChI=1S/C14H16N2O3S/c1-2-16(11-8-19-7-10(11)14(17)18)13-9-4-6-20-12(9)3-5-15-13/h3-6,10-11H,2,7-8H2,1H3,(H,17,18). The van der Waals surface area contributed by atoms with Gasteiger partial charge in [0.25, 0.3) is 0 Å². The van der Waals surface area contributed by atoms with Gasteiger partial charge in [-0.05, 0) is 24.4 Å². The molecular formula is C14H16N2O3S. The molecule has 6 heteroatoms. The van der Waals surface area contributed by atoms with E-state index in [0.717, 1.165) is 11.2 Å². The number of hydrogen-bond donors (Lipinski definition) is 1. The van der Waals surface area contributed by atoms with Crippen LogP contribution < -0.4 is 4.90 Å². The Hall–Kier alpha value is -1.66. The Kier molecular flexibility index (Phi) is 3.58. The lowest BCUT2D eigenvalue weighted by Gasteiger charge is -2.30. The molecule has 0 aromatic carbocycles. The van der Waals surface area contributed by atoms with Gasteiger partial charge in [-0.2, -0.15) is 0 Å². The van der Waals surface area contributed by atoms with Gasteiger partial charge in [-0.1, -0.05) is 0 Å². The summed E-state index contributed by atoms with van der Waals surface area (Å²) in [6.45, 7) is 3.44. The first-order chi connectivity index (χ1) is 9.72. The molecule has 5 nitrogen and oxygen atoms in total. The molecule has 3 rings (SSSR count). The van der Waals surface area contributed by atoms with Gasteiger partial charge in [-0.25, -0.2) is 4.98 Å². The van der Waals surface area contributed by atoms with Gasteiger partial charge in [0.15, 0.2) is 0 Å². The lowest BCUT2D eigenvalue weighted by molar-refractivity contribution is -0.141. The molecule has 106 valence electrons. The number of fused-ring (bicyclic) bond motifs is 1. The van der Waals surface area contributed by atoms with Crippen molar-refractivity contribution in [3.63, 3.8) is 0 Å². The first kappa shape index (κ1) is 13.3. The minimum absolute atomic E-state index is 0.157. The number of hydrogen-bond acceptors (Lipinski definition) is 5. The maximum atomic E-state index is 11.4.